The summed E-state index contributed by atoms with van der Waals surface area (Å²) in [7, 11) is 0. The van der Waals surface area contributed by atoms with Gasteiger partial charge in [-0.2, -0.15) is 9.97 Å². The van der Waals surface area contributed by atoms with Crippen molar-refractivity contribution in [3.05, 3.63) is 42.2 Å². The standard InChI is InChI=1S/C21H30N6O/c1-5-17(13-28)23-21-24-19(18-20(25-21)27(14-22-18)15(3)4)26(6-2)12-16-10-8-7-9-11-16/h7-11,14-15,17,28H,5-6,12-13H2,1-4H3,(H,23,24,25)/t17-/m1/s1. The van der Waals surface area contributed by atoms with Gasteiger partial charge in [0.25, 0.3) is 0 Å². The topological polar surface area (TPSA) is 79.1 Å². The van der Waals surface area contributed by atoms with Crippen LogP contribution < -0.4 is 10.2 Å². The second kappa shape index (κ2) is 9.01. The van der Waals surface area contributed by atoms with Crippen molar-refractivity contribution < 1.29 is 5.11 Å². The molecule has 0 spiro atoms. The summed E-state index contributed by atoms with van der Waals surface area (Å²) in [6.45, 7) is 9.95. The van der Waals surface area contributed by atoms with Crippen LogP contribution in [0.4, 0.5) is 11.8 Å². The Morgan fingerprint density at radius 3 is 2.50 bits per heavy atom. The smallest absolute Gasteiger partial charge is 0.227 e. The Labute approximate surface area is 166 Å². The number of benzene rings is 1. The van der Waals surface area contributed by atoms with Gasteiger partial charge in [0.1, 0.15) is 0 Å². The van der Waals surface area contributed by atoms with Crippen LogP contribution in [0.3, 0.4) is 0 Å². The normalized spacial score (nSPS) is 12.5. The highest BCUT2D eigenvalue weighted by Crippen LogP contribution is 2.27. The third-order valence-electron chi connectivity index (χ3n) is 4.90. The fraction of sp³-hybridized carbons (Fsp3) is 0.476. The molecule has 0 aliphatic rings. The van der Waals surface area contributed by atoms with E-state index in [1.54, 1.807) is 0 Å². The Morgan fingerprint density at radius 2 is 1.89 bits per heavy atom. The molecule has 0 radical (unpaired) electrons. The Bertz CT molecular complexity index is 889. The molecule has 7 nitrogen and oxygen atoms in total. The highest BCUT2D eigenvalue weighted by atomic mass is 16.3. The summed E-state index contributed by atoms with van der Waals surface area (Å²) < 4.78 is 2.06. The second-order valence-electron chi connectivity index (χ2n) is 7.22. The fourth-order valence-electron chi connectivity index (χ4n) is 3.16. The maximum atomic E-state index is 9.58. The average molecular weight is 383 g/mol. The number of nitrogens with one attached hydrogen (secondary N) is 1. The maximum absolute atomic E-state index is 9.58. The van der Waals surface area contributed by atoms with Gasteiger partial charge in [-0.3, -0.25) is 0 Å². The summed E-state index contributed by atoms with van der Waals surface area (Å²) in [6, 6.07) is 10.5. The van der Waals surface area contributed by atoms with Gasteiger partial charge in [0.2, 0.25) is 5.95 Å². The van der Waals surface area contributed by atoms with Gasteiger partial charge in [-0.05, 0) is 32.8 Å². The number of hydrogen-bond donors (Lipinski definition) is 2. The molecule has 0 saturated heterocycles. The number of imidazole rings is 1. The first-order valence-electron chi connectivity index (χ1n) is 9.98. The van der Waals surface area contributed by atoms with E-state index in [0.717, 1.165) is 36.5 Å². The molecule has 0 aliphatic carbocycles. The van der Waals surface area contributed by atoms with Crippen LogP contribution in [-0.2, 0) is 6.54 Å². The number of fused-ring (bicyclic) bond motifs is 1. The highest BCUT2D eigenvalue weighted by molar-refractivity contribution is 5.85. The SMILES string of the molecule is CC[C@H](CO)Nc1nc(N(CC)Cc2ccccc2)c2ncn(C(C)C)c2n1. The van der Waals surface area contributed by atoms with Crippen LogP contribution in [0.15, 0.2) is 36.7 Å². The monoisotopic (exact) mass is 382 g/mol. The lowest BCUT2D eigenvalue weighted by atomic mass is 10.2. The number of hydrogen-bond acceptors (Lipinski definition) is 6. The van der Waals surface area contributed by atoms with Gasteiger partial charge in [0, 0.05) is 19.1 Å². The van der Waals surface area contributed by atoms with E-state index in [4.69, 9.17) is 9.97 Å². The van der Waals surface area contributed by atoms with Gasteiger partial charge in [0.05, 0.1) is 19.0 Å². The quantitative estimate of drug-likeness (QED) is 0.588. The maximum Gasteiger partial charge on any atom is 0.227 e. The van der Waals surface area contributed by atoms with Crippen LogP contribution in [-0.4, -0.2) is 43.8 Å². The Balaban J connectivity index is 2.07. The fourth-order valence-corrected chi connectivity index (χ4v) is 3.16. The third-order valence-corrected chi connectivity index (χ3v) is 4.90. The number of aromatic nitrogens is 4. The molecule has 0 unspecified atom stereocenters. The zero-order chi connectivity index (χ0) is 20.1. The van der Waals surface area contributed by atoms with Crippen molar-refractivity contribution >= 4 is 22.9 Å². The van der Waals surface area contributed by atoms with Crippen molar-refractivity contribution in [3.8, 4) is 0 Å². The summed E-state index contributed by atoms with van der Waals surface area (Å²) in [5.74, 6) is 1.34. The molecular weight excluding hydrogens is 352 g/mol. The van der Waals surface area contributed by atoms with E-state index < -0.39 is 0 Å². The Kier molecular flexibility index (Phi) is 6.46. The minimum Gasteiger partial charge on any atom is -0.394 e. The molecule has 2 heterocycles. The number of anilines is 2. The van der Waals surface area contributed by atoms with Crippen LogP contribution in [0.5, 0.6) is 0 Å². The van der Waals surface area contributed by atoms with Crippen LogP contribution in [0.25, 0.3) is 11.2 Å². The molecule has 0 saturated carbocycles. The van der Waals surface area contributed by atoms with Gasteiger partial charge >= 0.3 is 0 Å². The molecule has 28 heavy (non-hydrogen) atoms. The average Bonchev–Trinajstić information content (AvgIpc) is 3.14. The largest absolute Gasteiger partial charge is 0.394 e. The van der Waals surface area contributed by atoms with E-state index in [1.807, 2.05) is 31.5 Å². The van der Waals surface area contributed by atoms with Crippen LogP contribution in [0, 0.1) is 0 Å². The molecule has 3 aromatic rings. The Hall–Kier alpha value is -2.67. The van der Waals surface area contributed by atoms with Crippen LogP contribution in [0.1, 0.15) is 45.7 Å². The lowest BCUT2D eigenvalue weighted by Gasteiger charge is -2.24. The van der Waals surface area contributed by atoms with E-state index in [2.05, 4.69) is 52.7 Å². The predicted octanol–water partition coefficient (Wildman–Crippen LogP) is 3.62. The van der Waals surface area contributed by atoms with E-state index in [-0.39, 0.29) is 18.7 Å². The molecule has 0 bridgehead atoms. The van der Waals surface area contributed by atoms with Gasteiger partial charge in [0.15, 0.2) is 17.0 Å². The number of aliphatic hydroxyl groups is 1. The molecule has 0 amide bonds. The first-order chi connectivity index (χ1) is 13.6. The van der Waals surface area contributed by atoms with E-state index >= 15 is 0 Å². The van der Waals surface area contributed by atoms with Gasteiger partial charge in [-0.1, -0.05) is 37.3 Å². The summed E-state index contributed by atoms with van der Waals surface area (Å²) in [5, 5.41) is 12.8. The number of aliphatic hydroxyl groups excluding tert-OH is 1. The van der Waals surface area contributed by atoms with Gasteiger partial charge in [-0.15, -0.1) is 0 Å². The second-order valence-corrected chi connectivity index (χ2v) is 7.22. The molecule has 1 atom stereocenters. The summed E-state index contributed by atoms with van der Waals surface area (Å²) in [6.07, 6.45) is 2.62. The van der Waals surface area contributed by atoms with Crippen molar-refractivity contribution in [2.45, 2.75) is 52.7 Å². The highest BCUT2D eigenvalue weighted by Gasteiger charge is 2.20. The van der Waals surface area contributed by atoms with Crippen molar-refractivity contribution in [2.75, 3.05) is 23.4 Å². The molecule has 150 valence electrons. The third kappa shape index (κ3) is 4.25. The van der Waals surface area contributed by atoms with Gasteiger partial charge in [-0.25, -0.2) is 4.98 Å². The summed E-state index contributed by atoms with van der Waals surface area (Å²) >= 11 is 0. The zero-order valence-corrected chi connectivity index (χ0v) is 17.1. The predicted molar refractivity (Wildman–Crippen MR) is 114 cm³/mol. The molecule has 3 rings (SSSR count). The first-order valence-corrected chi connectivity index (χ1v) is 9.98. The number of rotatable bonds is 9. The summed E-state index contributed by atoms with van der Waals surface area (Å²) in [5.41, 5.74) is 2.83. The van der Waals surface area contributed by atoms with Crippen LogP contribution >= 0.6 is 0 Å². The minimum atomic E-state index is -0.0788. The van der Waals surface area contributed by atoms with Gasteiger partial charge < -0.3 is 19.9 Å². The number of nitrogens with zero attached hydrogens (tertiary/aromatic N) is 5. The summed E-state index contributed by atoms with van der Waals surface area (Å²) in [4.78, 5) is 16.4. The molecule has 0 aliphatic heterocycles. The van der Waals surface area contributed by atoms with Crippen molar-refractivity contribution in [2.24, 2.45) is 0 Å². The van der Waals surface area contributed by atoms with E-state index in [9.17, 15) is 5.11 Å². The Morgan fingerprint density at radius 1 is 1.14 bits per heavy atom. The van der Waals surface area contributed by atoms with Crippen molar-refractivity contribution in [3.63, 3.8) is 0 Å². The minimum absolute atomic E-state index is 0.0399. The first kappa shape index (κ1) is 20.1. The molecule has 2 N–H and O–H groups in total. The molecule has 7 heteroatoms. The molecular formula is C21H30N6O. The van der Waals surface area contributed by atoms with Crippen molar-refractivity contribution in [1.29, 1.82) is 0 Å². The van der Waals surface area contributed by atoms with Crippen LogP contribution in [0.2, 0.25) is 0 Å². The molecule has 2 aromatic heterocycles. The van der Waals surface area contributed by atoms with E-state index in [1.165, 1.54) is 5.56 Å². The lowest BCUT2D eigenvalue weighted by molar-refractivity contribution is 0.271. The van der Waals surface area contributed by atoms with Crippen molar-refractivity contribution in [1.82, 2.24) is 19.5 Å². The zero-order valence-electron chi connectivity index (χ0n) is 17.1. The van der Waals surface area contributed by atoms with E-state index in [0.29, 0.717) is 5.95 Å². The lowest BCUT2D eigenvalue weighted by Crippen LogP contribution is -2.27. The molecule has 0 fully saturated rings. The molecule has 1 aromatic carbocycles.